The highest BCUT2D eigenvalue weighted by Crippen LogP contribution is 2.12. The van der Waals surface area contributed by atoms with Crippen LogP contribution in [-0.2, 0) is 19.4 Å². The lowest BCUT2D eigenvalue weighted by molar-refractivity contribution is 0.620. The SMILES string of the molecule is Fc1ccc(Cc2ncc3c(n2)CCNC3)cc1. The van der Waals surface area contributed by atoms with Gasteiger partial charge in [0.2, 0.25) is 0 Å². The van der Waals surface area contributed by atoms with Crippen molar-refractivity contribution >= 4 is 0 Å². The number of rotatable bonds is 2. The van der Waals surface area contributed by atoms with Crippen LogP contribution in [0.15, 0.2) is 30.5 Å². The molecule has 0 saturated carbocycles. The van der Waals surface area contributed by atoms with Crippen LogP contribution in [0, 0.1) is 5.82 Å². The number of fused-ring (bicyclic) bond motifs is 1. The van der Waals surface area contributed by atoms with Gasteiger partial charge >= 0.3 is 0 Å². The average Bonchev–Trinajstić information content (AvgIpc) is 2.41. The zero-order valence-corrected chi connectivity index (χ0v) is 9.99. The molecule has 92 valence electrons. The Labute approximate surface area is 105 Å². The predicted molar refractivity (Wildman–Crippen MR) is 66.6 cm³/mol. The summed E-state index contributed by atoms with van der Waals surface area (Å²) in [5.41, 5.74) is 3.36. The monoisotopic (exact) mass is 243 g/mol. The lowest BCUT2D eigenvalue weighted by Crippen LogP contribution is -2.25. The summed E-state index contributed by atoms with van der Waals surface area (Å²) >= 11 is 0. The Kier molecular flexibility index (Phi) is 3.02. The fraction of sp³-hybridized carbons (Fsp3) is 0.286. The van der Waals surface area contributed by atoms with Crippen LogP contribution < -0.4 is 5.32 Å². The lowest BCUT2D eigenvalue weighted by Gasteiger charge is -2.16. The molecule has 18 heavy (non-hydrogen) atoms. The first kappa shape index (κ1) is 11.3. The maximum atomic E-state index is 12.8. The Morgan fingerprint density at radius 1 is 1.22 bits per heavy atom. The molecular weight excluding hydrogens is 229 g/mol. The fourth-order valence-corrected chi connectivity index (χ4v) is 2.15. The lowest BCUT2D eigenvalue weighted by atomic mass is 10.1. The van der Waals surface area contributed by atoms with Crippen molar-refractivity contribution in [2.45, 2.75) is 19.4 Å². The molecule has 0 spiro atoms. The quantitative estimate of drug-likeness (QED) is 0.874. The second kappa shape index (κ2) is 4.82. The fourth-order valence-electron chi connectivity index (χ4n) is 2.15. The molecule has 0 amide bonds. The second-order valence-electron chi connectivity index (χ2n) is 4.49. The molecule has 3 nitrogen and oxygen atoms in total. The van der Waals surface area contributed by atoms with Crippen molar-refractivity contribution < 1.29 is 4.39 Å². The van der Waals surface area contributed by atoms with Crippen molar-refractivity contribution in [3.8, 4) is 0 Å². The Morgan fingerprint density at radius 3 is 2.89 bits per heavy atom. The van der Waals surface area contributed by atoms with Crippen LogP contribution in [0.2, 0.25) is 0 Å². The minimum absolute atomic E-state index is 0.212. The van der Waals surface area contributed by atoms with Gasteiger partial charge in [-0.3, -0.25) is 0 Å². The Morgan fingerprint density at radius 2 is 2.06 bits per heavy atom. The molecule has 2 heterocycles. The smallest absolute Gasteiger partial charge is 0.132 e. The summed E-state index contributed by atoms with van der Waals surface area (Å²) in [4.78, 5) is 8.95. The molecule has 0 fully saturated rings. The highest BCUT2D eigenvalue weighted by Gasteiger charge is 2.11. The summed E-state index contributed by atoms with van der Waals surface area (Å²) < 4.78 is 12.8. The standard InChI is InChI=1S/C14H14FN3/c15-12-3-1-10(2-4-12)7-14-17-9-11-8-16-6-5-13(11)18-14/h1-4,9,16H,5-8H2. The summed E-state index contributed by atoms with van der Waals surface area (Å²) in [5, 5.41) is 3.29. The first-order chi connectivity index (χ1) is 8.81. The van der Waals surface area contributed by atoms with E-state index in [0.717, 1.165) is 36.6 Å². The van der Waals surface area contributed by atoms with Gasteiger partial charge in [-0.15, -0.1) is 0 Å². The summed E-state index contributed by atoms with van der Waals surface area (Å²) in [7, 11) is 0. The van der Waals surface area contributed by atoms with Gasteiger partial charge in [0.25, 0.3) is 0 Å². The van der Waals surface area contributed by atoms with Gasteiger partial charge in [0.1, 0.15) is 11.6 Å². The van der Waals surface area contributed by atoms with Gasteiger partial charge in [0.05, 0.1) is 0 Å². The van der Waals surface area contributed by atoms with Gasteiger partial charge in [0, 0.05) is 43.4 Å². The summed E-state index contributed by atoms with van der Waals surface area (Å²) in [5.74, 6) is 0.596. The topological polar surface area (TPSA) is 37.8 Å². The molecule has 0 unspecified atom stereocenters. The van der Waals surface area contributed by atoms with E-state index in [-0.39, 0.29) is 5.82 Å². The van der Waals surface area contributed by atoms with E-state index < -0.39 is 0 Å². The number of aromatic nitrogens is 2. The van der Waals surface area contributed by atoms with E-state index in [2.05, 4.69) is 15.3 Å². The number of benzene rings is 1. The molecule has 1 aliphatic rings. The highest BCUT2D eigenvalue weighted by molar-refractivity contribution is 5.24. The van der Waals surface area contributed by atoms with Gasteiger partial charge in [-0.25, -0.2) is 14.4 Å². The van der Waals surface area contributed by atoms with Crippen LogP contribution in [0.5, 0.6) is 0 Å². The Hall–Kier alpha value is -1.81. The van der Waals surface area contributed by atoms with Gasteiger partial charge < -0.3 is 5.32 Å². The molecule has 2 aromatic rings. The molecule has 1 aliphatic heterocycles. The molecule has 0 bridgehead atoms. The van der Waals surface area contributed by atoms with Gasteiger partial charge in [-0.1, -0.05) is 12.1 Å². The number of hydrogen-bond donors (Lipinski definition) is 1. The van der Waals surface area contributed by atoms with Crippen LogP contribution in [-0.4, -0.2) is 16.5 Å². The second-order valence-corrected chi connectivity index (χ2v) is 4.49. The molecular formula is C14H14FN3. The van der Waals surface area contributed by atoms with Crippen molar-refractivity contribution in [3.05, 3.63) is 58.9 Å². The van der Waals surface area contributed by atoms with Crippen LogP contribution in [0.4, 0.5) is 4.39 Å². The molecule has 1 aromatic heterocycles. The number of nitrogens with zero attached hydrogens (tertiary/aromatic N) is 2. The van der Waals surface area contributed by atoms with Gasteiger partial charge in [-0.05, 0) is 17.7 Å². The van der Waals surface area contributed by atoms with Crippen LogP contribution in [0.1, 0.15) is 22.6 Å². The van der Waals surface area contributed by atoms with Crippen LogP contribution in [0.3, 0.4) is 0 Å². The number of halogens is 1. The summed E-state index contributed by atoms with van der Waals surface area (Å²) in [6.45, 7) is 1.83. The molecule has 1 aromatic carbocycles. The van der Waals surface area contributed by atoms with E-state index in [1.165, 1.54) is 17.7 Å². The van der Waals surface area contributed by atoms with Gasteiger partial charge in [0.15, 0.2) is 0 Å². The van der Waals surface area contributed by atoms with E-state index in [1.54, 1.807) is 12.1 Å². The molecule has 0 saturated heterocycles. The molecule has 4 heteroatoms. The zero-order chi connectivity index (χ0) is 12.4. The Bertz CT molecular complexity index is 551. The van der Waals surface area contributed by atoms with Crippen LogP contribution in [0.25, 0.3) is 0 Å². The maximum Gasteiger partial charge on any atom is 0.132 e. The third-order valence-corrected chi connectivity index (χ3v) is 3.13. The summed E-state index contributed by atoms with van der Waals surface area (Å²) in [6, 6.07) is 6.49. The maximum absolute atomic E-state index is 12.8. The third-order valence-electron chi connectivity index (χ3n) is 3.13. The number of nitrogens with one attached hydrogen (secondary N) is 1. The molecule has 0 radical (unpaired) electrons. The van der Waals surface area contributed by atoms with Gasteiger partial charge in [-0.2, -0.15) is 0 Å². The van der Waals surface area contributed by atoms with Crippen molar-refractivity contribution in [2.24, 2.45) is 0 Å². The normalized spacial score (nSPS) is 14.3. The van der Waals surface area contributed by atoms with E-state index >= 15 is 0 Å². The van der Waals surface area contributed by atoms with Crippen molar-refractivity contribution in [3.63, 3.8) is 0 Å². The minimum Gasteiger partial charge on any atom is -0.312 e. The van der Waals surface area contributed by atoms with Crippen molar-refractivity contribution in [1.29, 1.82) is 0 Å². The molecule has 3 rings (SSSR count). The van der Waals surface area contributed by atoms with E-state index in [4.69, 9.17) is 0 Å². The predicted octanol–water partition coefficient (Wildman–Crippen LogP) is 1.85. The summed E-state index contributed by atoms with van der Waals surface area (Å²) in [6.07, 6.45) is 3.50. The molecule has 0 aliphatic carbocycles. The van der Waals surface area contributed by atoms with Crippen molar-refractivity contribution in [1.82, 2.24) is 15.3 Å². The minimum atomic E-state index is -0.212. The average molecular weight is 243 g/mol. The zero-order valence-electron chi connectivity index (χ0n) is 9.99. The van der Waals surface area contributed by atoms with E-state index in [1.807, 2.05) is 6.20 Å². The first-order valence-electron chi connectivity index (χ1n) is 6.10. The largest absolute Gasteiger partial charge is 0.312 e. The molecule has 1 N–H and O–H groups in total. The first-order valence-corrected chi connectivity index (χ1v) is 6.10. The van der Waals surface area contributed by atoms with E-state index in [9.17, 15) is 4.39 Å². The number of hydrogen-bond acceptors (Lipinski definition) is 3. The third kappa shape index (κ3) is 2.38. The Balaban J connectivity index is 1.82. The van der Waals surface area contributed by atoms with Crippen molar-refractivity contribution in [2.75, 3.05) is 6.54 Å². The highest BCUT2D eigenvalue weighted by atomic mass is 19.1. The van der Waals surface area contributed by atoms with E-state index in [0.29, 0.717) is 6.42 Å². The molecule has 0 atom stereocenters. The van der Waals surface area contributed by atoms with Crippen LogP contribution >= 0.6 is 0 Å².